The van der Waals surface area contributed by atoms with Gasteiger partial charge in [0.05, 0.1) is 12.2 Å². The van der Waals surface area contributed by atoms with Crippen LogP contribution < -0.4 is 21.9 Å². The lowest BCUT2D eigenvalue weighted by atomic mass is 9.89. The first kappa shape index (κ1) is 20.1. The molecule has 8 nitrogen and oxygen atoms in total. The number of carbonyl (C=O) groups is 3. The summed E-state index contributed by atoms with van der Waals surface area (Å²) in [5.41, 5.74) is 12.9. The number of thiophene rings is 1. The number of amides is 3. The van der Waals surface area contributed by atoms with Crippen LogP contribution in [0.3, 0.4) is 0 Å². The molecule has 0 bridgehead atoms. The Morgan fingerprint density at radius 2 is 1.89 bits per heavy atom. The van der Waals surface area contributed by atoms with Gasteiger partial charge in [0.15, 0.2) is 0 Å². The number of nitrogens with one attached hydrogen (secondary N) is 3. The Balaban J connectivity index is 1.54. The van der Waals surface area contributed by atoms with Crippen LogP contribution in [0.15, 0.2) is 6.07 Å². The summed E-state index contributed by atoms with van der Waals surface area (Å²) in [5, 5.41) is 3.38. The highest BCUT2D eigenvalue weighted by Crippen LogP contribution is 2.34. The van der Waals surface area contributed by atoms with Crippen LogP contribution in [-0.2, 0) is 9.59 Å². The number of carbonyl (C=O) groups excluding carboxylic acids is 3. The van der Waals surface area contributed by atoms with Crippen LogP contribution in [-0.4, -0.2) is 29.3 Å². The molecule has 28 heavy (non-hydrogen) atoms. The van der Waals surface area contributed by atoms with Gasteiger partial charge in [0.2, 0.25) is 5.91 Å². The van der Waals surface area contributed by atoms with Crippen molar-refractivity contribution in [1.82, 2.24) is 21.2 Å². The zero-order valence-corrected chi connectivity index (χ0v) is 16.9. The third-order valence-electron chi connectivity index (χ3n) is 4.95. The standard InChI is InChI=1S/C19H25N5O3S/c1-10-8-11(2)22-19-14(10)15(20)16(28-19)18(27)24-23-13(25)9-21-17(26)12-6-4-3-5-7-12/h8,12H,3-7,9,20H2,1-2H3,(H,21,26)(H,23,25)(H,24,27). The monoisotopic (exact) mass is 403 g/mol. The molecule has 3 rings (SSSR count). The van der Waals surface area contributed by atoms with Crippen molar-refractivity contribution in [1.29, 1.82) is 0 Å². The molecule has 2 aromatic heterocycles. The van der Waals surface area contributed by atoms with Crippen molar-refractivity contribution in [2.75, 3.05) is 12.3 Å². The molecule has 1 aliphatic rings. The Kier molecular flexibility index (Phi) is 6.13. The third-order valence-corrected chi connectivity index (χ3v) is 6.04. The van der Waals surface area contributed by atoms with Gasteiger partial charge >= 0.3 is 0 Å². The molecule has 2 aromatic rings. The zero-order valence-electron chi connectivity index (χ0n) is 16.1. The summed E-state index contributed by atoms with van der Waals surface area (Å²) in [5.74, 6) is -1.13. The maximum absolute atomic E-state index is 12.4. The highest BCUT2D eigenvalue weighted by molar-refractivity contribution is 7.21. The van der Waals surface area contributed by atoms with E-state index in [4.69, 9.17) is 5.73 Å². The number of fused-ring (bicyclic) bond motifs is 1. The van der Waals surface area contributed by atoms with Crippen LogP contribution in [0.25, 0.3) is 10.2 Å². The van der Waals surface area contributed by atoms with Crippen molar-refractivity contribution in [2.24, 2.45) is 5.92 Å². The van der Waals surface area contributed by atoms with E-state index in [-0.39, 0.29) is 18.4 Å². The highest BCUT2D eigenvalue weighted by atomic mass is 32.1. The maximum Gasteiger partial charge on any atom is 0.281 e. The summed E-state index contributed by atoms with van der Waals surface area (Å²) < 4.78 is 0. The Morgan fingerprint density at radius 1 is 1.18 bits per heavy atom. The SMILES string of the molecule is Cc1cc(C)c2c(N)c(C(=O)NNC(=O)CNC(=O)C3CCCCC3)sc2n1. The summed E-state index contributed by atoms with van der Waals surface area (Å²) in [7, 11) is 0. The predicted molar refractivity (Wildman–Crippen MR) is 109 cm³/mol. The molecule has 150 valence electrons. The number of pyridine rings is 1. The number of hydrazine groups is 1. The highest BCUT2D eigenvalue weighted by Gasteiger charge is 2.22. The summed E-state index contributed by atoms with van der Waals surface area (Å²) in [6.45, 7) is 3.61. The van der Waals surface area contributed by atoms with Gasteiger partial charge in [-0.05, 0) is 38.3 Å². The number of nitrogen functional groups attached to an aromatic ring is 1. The van der Waals surface area contributed by atoms with Crippen molar-refractivity contribution in [3.05, 3.63) is 22.2 Å². The number of anilines is 1. The fourth-order valence-electron chi connectivity index (χ4n) is 3.54. The molecular formula is C19H25N5O3S. The Bertz CT molecular complexity index is 918. The molecule has 0 atom stereocenters. The van der Waals surface area contributed by atoms with Crippen LogP contribution in [0.4, 0.5) is 5.69 Å². The Labute approximate surface area is 167 Å². The summed E-state index contributed by atoms with van der Waals surface area (Å²) in [6, 6.07) is 1.91. The lowest BCUT2D eigenvalue weighted by molar-refractivity contribution is -0.129. The number of rotatable bonds is 4. The minimum absolute atomic E-state index is 0.0197. The first-order chi connectivity index (χ1) is 13.4. The van der Waals surface area contributed by atoms with E-state index in [1.165, 1.54) is 11.3 Å². The predicted octanol–water partition coefficient (Wildman–Crippen LogP) is 1.95. The van der Waals surface area contributed by atoms with E-state index in [2.05, 4.69) is 21.2 Å². The first-order valence-electron chi connectivity index (χ1n) is 9.40. The molecule has 1 fully saturated rings. The molecule has 0 saturated heterocycles. The van der Waals surface area contributed by atoms with E-state index in [1.54, 1.807) is 0 Å². The van der Waals surface area contributed by atoms with E-state index in [9.17, 15) is 14.4 Å². The van der Waals surface area contributed by atoms with Gasteiger partial charge in [-0.15, -0.1) is 11.3 Å². The van der Waals surface area contributed by atoms with Gasteiger partial charge in [0.25, 0.3) is 11.8 Å². The molecule has 0 aliphatic heterocycles. The van der Waals surface area contributed by atoms with E-state index >= 15 is 0 Å². The molecule has 3 amide bonds. The zero-order chi connectivity index (χ0) is 20.3. The van der Waals surface area contributed by atoms with Gasteiger partial charge < -0.3 is 11.1 Å². The lowest BCUT2D eigenvalue weighted by Crippen LogP contribution is -2.47. The smallest absolute Gasteiger partial charge is 0.281 e. The van der Waals surface area contributed by atoms with Crippen LogP contribution in [0, 0.1) is 19.8 Å². The number of hydrogen-bond acceptors (Lipinski definition) is 6. The summed E-state index contributed by atoms with van der Waals surface area (Å²) in [6.07, 6.45) is 4.98. The Morgan fingerprint density at radius 3 is 2.61 bits per heavy atom. The molecule has 5 N–H and O–H groups in total. The molecule has 1 aliphatic carbocycles. The van der Waals surface area contributed by atoms with Gasteiger partial charge in [-0.2, -0.15) is 0 Å². The molecule has 2 heterocycles. The molecule has 1 saturated carbocycles. The molecule has 0 radical (unpaired) electrons. The average molecular weight is 404 g/mol. The summed E-state index contributed by atoms with van der Waals surface area (Å²) >= 11 is 1.18. The van der Waals surface area contributed by atoms with Gasteiger partial charge in [-0.1, -0.05) is 19.3 Å². The fourth-order valence-corrected chi connectivity index (χ4v) is 4.65. The Hall–Kier alpha value is -2.68. The van der Waals surface area contributed by atoms with Crippen molar-refractivity contribution in [3.8, 4) is 0 Å². The molecule has 0 unspecified atom stereocenters. The van der Waals surface area contributed by atoms with E-state index < -0.39 is 11.8 Å². The average Bonchev–Trinajstić information content (AvgIpc) is 3.01. The fraction of sp³-hybridized carbons (Fsp3) is 0.474. The normalized spacial score (nSPS) is 14.6. The summed E-state index contributed by atoms with van der Waals surface area (Å²) in [4.78, 5) is 41.8. The van der Waals surface area contributed by atoms with E-state index in [1.807, 2.05) is 19.9 Å². The quantitative estimate of drug-likeness (QED) is 0.581. The van der Waals surface area contributed by atoms with Crippen molar-refractivity contribution in [2.45, 2.75) is 46.0 Å². The van der Waals surface area contributed by atoms with Crippen LogP contribution in [0.5, 0.6) is 0 Å². The number of nitrogens with zero attached hydrogens (tertiary/aromatic N) is 1. The van der Waals surface area contributed by atoms with Crippen LogP contribution >= 0.6 is 11.3 Å². The third kappa shape index (κ3) is 4.41. The van der Waals surface area contributed by atoms with Crippen molar-refractivity contribution >= 4 is 45.0 Å². The van der Waals surface area contributed by atoms with Gasteiger partial charge in [0, 0.05) is 17.0 Å². The molecular weight excluding hydrogens is 378 g/mol. The van der Waals surface area contributed by atoms with Crippen molar-refractivity contribution < 1.29 is 14.4 Å². The van der Waals surface area contributed by atoms with Gasteiger partial charge in [0.1, 0.15) is 9.71 Å². The minimum Gasteiger partial charge on any atom is -0.397 e. The minimum atomic E-state index is -0.510. The lowest BCUT2D eigenvalue weighted by Gasteiger charge is -2.20. The number of aromatic nitrogens is 1. The second kappa shape index (κ2) is 8.55. The van der Waals surface area contributed by atoms with E-state index in [0.29, 0.717) is 15.4 Å². The molecule has 0 aromatic carbocycles. The van der Waals surface area contributed by atoms with Crippen LogP contribution in [0.2, 0.25) is 0 Å². The topological polar surface area (TPSA) is 126 Å². The molecule has 0 spiro atoms. The van der Waals surface area contributed by atoms with Crippen molar-refractivity contribution in [3.63, 3.8) is 0 Å². The largest absolute Gasteiger partial charge is 0.397 e. The molecule has 9 heteroatoms. The first-order valence-corrected chi connectivity index (χ1v) is 10.2. The van der Waals surface area contributed by atoms with E-state index in [0.717, 1.165) is 48.7 Å². The number of hydrogen-bond donors (Lipinski definition) is 4. The number of nitrogens with two attached hydrogens (primary N) is 1. The van der Waals surface area contributed by atoms with Gasteiger partial charge in [-0.25, -0.2) is 4.98 Å². The number of aryl methyl sites for hydroxylation is 2. The van der Waals surface area contributed by atoms with Gasteiger partial charge in [-0.3, -0.25) is 25.2 Å². The second-order valence-corrected chi connectivity index (χ2v) is 8.16. The van der Waals surface area contributed by atoms with Crippen LogP contribution in [0.1, 0.15) is 53.0 Å². The maximum atomic E-state index is 12.4. The second-order valence-electron chi connectivity index (χ2n) is 7.16.